The number of aromatic hydroxyl groups is 1. The van der Waals surface area contributed by atoms with Gasteiger partial charge in [-0.05, 0) is 66.1 Å². The van der Waals surface area contributed by atoms with Gasteiger partial charge in [-0.1, -0.05) is 41.9 Å². The molecule has 0 heterocycles. The zero-order valence-electron chi connectivity index (χ0n) is 21.7. The number of fused-ring (bicyclic) bond motifs is 1. The summed E-state index contributed by atoms with van der Waals surface area (Å²) in [7, 11) is 0. The van der Waals surface area contributed by atoms with Crippen molar-refractivity contribution in [2.24, 2.45) is 5.10 Å². The lowest BCUT2D eigenvalue weighted by Gasteiger charge is -2.10. The molecule has 0 saturated carbocycles. The van der Waals surface area contributed by atoms with Crippen molar-refractivity contribution >= 4 is 57.1 Å². The molecule has 0 spiro atoms. The Bertz CT molecular complexity index is 1650. The predicted molar refractivity (Wildman–Crippen MR) is 156 cm³/mol. The van der Waals surface area contributed by atoms with E-state index in [2.05, 4.69) is 15.8 Å². The maximum absolute atomic E-state index is 12.9. The molecule has 0 aromatic heterocycles. The van der Waals surface area contributed by atoms with Gasteiger partial charge in [0.2, 0.25) is 5.91 Å². The van der Waals surface area contributed by atoms with E-state index in [4.69, 9.17) is 11.6 Å². The Morgan fingerprint density at radius 2 is 1.61 bits per heavy atom. The van der Waals surface area contributed by atoms with E-state index >= 15 is 0 Å². The highest BCUT2D eigenvalue weighted by atomic mass is 35.5. The number of ketones is 1. The fourth-order valence-corrected chi connectivity index (χ4v) is 4.21. The van der Waals surface area contributed by atoms with E-state index in [1.54, 1.807) is 36.4 Å². The van der Waals surface area contributed by atoms with Gasteiger partial charge in [0.25, 0.3) is 11.6 Å². The summed E-state index contributed by atoms with van der Waals surface area (Å²) in [5.41, 5.74) is 3.31. The molecule has 0 saturated heterocycles. The van der Waals surface area contributed by atoms with Crippen molar-refractivity contribution in [2.75, 3.05) is 5.32 Å². The summed E-state index contributed by atoms with van der Waals surface area (Å²) in [6, 6.07) is 22.2. The lowest BCUT2D eigenvalue weighted by atomic mass is 10.0. The van der Waals surface area contributed by atoms with Crippen LogP contribution in [-0.2, 0) is 4.79 Å². The monoisotopic (exact) mass is 572 g/mol. The molecule has 4 aromatic rings. The number of nitro groups is 1. The molecule has 10 nitrogen and oxygen atoms in total. The predicted octanol–water partition coefficient (Wildman–Crippen LogP) is 6.27. The van der Waals surface area contributed by atoms with Crippen LogP contribution in [0.4, 0.5) is 11.4 Å². The maximum atomic E-state index is 12.9. The van der Waals surface area contributed by atoms with Gasteiger partial charge in [-0.25, -0.2) is 5.43 Å². The minimum Gasteiger partial charge on any atom is -0.507 e. The number of carbonyl (C=O) groups excluding carboxylic acids is 3. The van der Waals surface area contributed by atoms with Crippen LogP contribution < -0.4 is 10.7 Å². The van der Waals surface area contributed by atoms with Gasteiger partial charge >= 0.3 is 0 Å². The van der Waals surface area contributed by atoms with Gasteiger partial charge in [-0.15, -0.1) is 0 Å². The number of benzene rings is 4. The third-order valence-corrected chi connectivity index (χ3v) is 6.42. The van der Waals surface area contributed by atoms with Crippen molar-refractivity contribution in [3.8, 4) is 5.75 Å². The van der Waals surface area contributed by atoms with Crippen molar-refractivity contribution < 1.29 is 24.4 Å². The number of nitro benzene ring substituents is 1. The molecular weight excluding hydrogens is 548 g/mol. The van der Waals surface area contributed by atoms with Gasteiger partial charge in [0.1, 0.15) is 5.75 Å². The minimum absolute atomic E-state index is 0.0205. The van der Waals surface area contributed by atoms with Crippen molar-refractivity contribution in [3.63, 3.8) is 0 Å². The fraction of sp³-hybridized carbons (Fsp3) is 0.133. The molecule has 4 rings (SSSR count). The third-order valence-electron chi connectivity index (χ3n) is 6.16. The van der Waals surface area contributed by atoms with Crippen LogP contribution in [0.25, 0.3) is 10.8 Å². The van der Waals surface area contributed by atoms with Crippen molar-refractivity contribution in [1.82, 2.24) is 5.43 Å². The summed E-state index contributed by atoms with van der Waals surface area (Å²) in [5, 5.41) is 30.1. The van der Waals surface area contributed by atoms with E-state index in [0.717, 1.165) is 10.8 Å². The second kappa shape index (κ2) is 13.3. The largest absolute Gasteiger partial charge is 0.507 e. The third kappa shape index (κ3) is 7.96. The van der Waals surface area contributed by atoms with Gasteiger partial charge in [0, 0.05) is 40.5 Å². The van der Waals surface area contributed by atoms with Crippen molar-refractivity contribution in [2.45, 2.75) is 25.7 Å². The molecule has 0 unspecified atom stereocenters. The molecule has 2 amide bonds. The average Bonchev–Trinajstić information content (AvgIpc) is 2.95. The Hall–Kier alpha value is -5.09. The van der Waals surface area contributed by atoms with Crippen LogP contribution in [-0.4, -0.2) is 33.3 Å². The summed E-state index contributed by atoms with van der Waals surface area (Å²) >= 11 is 5.92. The van der Waals surface area contributed by atoms with Crippen LogP contribution in [0.15, 0.2) is 90.0 Å². The van der Waals surface area contributed by atoms with Gasteiger partial charge in [0.15, 0.2) is 5.78 Å². The number of carbonyl (C=O) groups is 3. The topological polar surface area (TPSA) is 151 Å². The Balaban J connectivity index is 1.45. The molecule has 0 aliphatic carbocycles. The van der Waals surface area contributed by atoms with E-state index in [0.29, 0.717) is 22.0 Å². The molecule has 0 aliphatic rings. The summed E-state index contributed by atoms with van der Waals surface area (Å²) in [4.78, 5) is 48.6. The highest BCUT2D eigenvalue weighted by Crippen LogP contribution is 2.25. The number of nitrogens with one attached hydrogen (secondary N) is 2. The number of hydrogen-bond acceptors (Lipinski definition) is 7. The highest BCUT2D eigenvalue weighted by molar-refractivity contribution is 6.30. The molecular formula is C30H25ClN4O6. The standard InChI is InChI=1S/C30H25ClN4O6/c31-22-13-11-19(12-14-22)27(36)18-24(8-4-10-29(38)32-23-7-3-9-25(17-23)35(40)41)33-34-30(39)26-15-20-5-1-2-6-21(20)16-28(26)37/h1-3,5-7,9,11-17,37H,4,8,10,18H2,(H,32,38)(H,34,39). The quantitative estimate of drug-likeness (QED) is 0.0833. The number of non-ortho nitro benzene ring substituents is 1. The van der Waals surface area contributed by atoms with Gasteiger partial charge in [-0.3, -0.25) is 24.5 Å². The molecule has 0 aliphatic heterocycles. The lowest BCUT2D eigenvalue weighted by molar-refractivity contribution is -0.384. The van der Waals surface area contributed by atoms with E-state index < -0.39 is 10.8 Å². The smallest absolute Gasteiger partial charge is 0.275 e. The number of rotatable bonds is 11. The van der Waals surface area contributed by atoms with Crippen LogP contribution in [0.5, 0.6) is 5.75 Å². The minimum atomic E-state index is -0.659. The maximum Gasteiger partial charge on any atom is 0.275 e. The number of phenolic OH excluding ortho intramolecular Hbond substituents is 1. The van der Waals surface area contributed by atoms with Gasteiger partial charge in [-0.2, -0.15) is 5.10 Å². The van der Waals surface area contributed by atoms with Crippen LogP contribution in [0.2, 0.25) is 5.02 Å². The van der Waals surface area contributed by atoms with Crippen LogP contribution in [0.3, 0.4) is 0 Å². The molecule has 208 valence electrons. The first-order chi connectivity index (χ1) is 19.7. The normalized spacial score (nSPS) is 11.2. The number of anilines is 1. The molecule has 41 heavy (non-hydrogen) atoms. The first kappa shape index (κ1) is 28.9. The molecule has 0 bridgehead atoms. The first-order valence-corrected chi connectivity index (χ1v) is 13.0. The Kier molecular flexibility index (Phi) is 9.39. The number of Topliss-reactive ketones (excluding diaryl/α,β-unsaturated/α-hetero) is 1. The molecule has 11 heteroatoms. The van der Waals surface area contributed by atoms with Crippen molar-refractivity contribution in [3.05, 3.63) is 111 Å². The SMILES string of the molecule is O=C(CCCC(CC(=O)c1ccc(Cl)cc1)=NNC(=O)c1cc2ccccc2cc1O)Nc1cccc([N+](=O)[O-])c1. The fourth-order valence-electron chi connectivity index (χ4n) is 4.08. The molecule has 3 N–H and O–H groups in total. The first-order valence-electron chi connectivity index (χ1n) is 12.6. The number of hydrazone groups is 1. The van der Waals surface area contributed by atoms with Crippen LogP contribution in [0, 0.1) is 10.1 Å². The van der Waals surface area contributed by atoms with Crippen LogP contribution >= 0.6 is 11.6 Å². The molecule has 0 radical (unpaired) electrons. The Morgan fingerprint density at radius 3 is 2.32 bits per heavy atom. The second-order valence-electron chi connectivity index (χ2n) is 9.15. The average molecular weight is 573 g/mol. The Labute approximate surface area is 239 Å². The number of amides is 2. The molecule has 4 aromatic carbocycles. The number of hydrogen-bond donors (Lipinski definition) is 3. The van der Waals surface area contributed by atoms with E-state index in [9.17, 15) is 29.6 Å². The number of nitrogens with zero attached hydrogens (tertiary/aromatic N) is 2. The summed E-state index contributed by atoms with van der Waals surface area (Å²) < 4.78 is 0. The zero-order valence-corrected chi connectivity index (χ0v) is 22.4. The second-order valence-corrected chi connectivity index (χ2v) is 9.59. The number of halogens is 1. The molecule has 0 fully saturated rings. The molecule has 0 atom stereocenters. The van der Waals surface area contributed by atoms with E-state index in [1.807, 2.05) is 24.3 Å². The van der Waals surface area contributed by atoms with E-state index in [-0.39, 0.29) is 54.4 Å². The van der Waals surface area contributed by atoms with Gasteiger partial charge < -0.3 is 10.4 Å². The zero-order chi connectivity index (χ0) is 29.4. The van der Waals surface area contributed by atoms with Gasteiger partial charge in [0.05, 0.1) is 16.9 Å². The summed E-state index contributed by atoms with van der Waals surface area (Å²) in [6.45, 7) is 0. The summed E-state index contributed by atoms with van der Waals surface area (Å²) in [6.07, 6.45) is 0.393. The summed E-state index contributed by atoms with van der Waals surface area (Å²) in [5.74, 6) is -1.51. The van der Waals surface area contributed by atoms with E-state index in [1.165, 1.54) is 24.3 Å². The lowest BCUT2D eigenvalue weighted by Crippen LogP contribution is -2.21. The Morgan fingerprint density at radius 1 is 0.902 bits per heavy atom. The van der Waals surface area contributed by atoms with Crippen molar-refractivity contribution in [1.29, 1.82) is 0 Å². The number of phenols is 1. The van der Waals surface area contributed by atoms with Crippen LogP contribution in [0.1, 0.15) is 46.4 Å². The highest BCUT2D eigenvalue weighted by Gasteiger charge is 2.16.